The summed E-state index contributed by atoms with van der Waals surface area (Å²) >= 11 is 0. The van der Waals surface area contributed by atoms with Crippen LogP contribution in [0.25, 0.3) is 0 Å². The van der Waals surface area contributed by atoms with E-state index in [2.05, 4.69) is 37.6 Å². The Kier molecular flexibility index (Phi) is 4.95. The molecule has 0 aromatic rings. The van der Waals surface area contributed by atoms with Gasteiger partial charge in [0.05, 0.1) is 0 Å². The number of rotatable bonds is 5. The summed E-state index contributed by atoms with van der Waals surface area (Å²) in [6.07, 6.45) is 2.15. The van der Waals surface area contributed by atoms with Crippen LogP contribution in [0.3, 0.4) is 0 Å². The number of nitrogens with zero attached hydrogens (tertiary/aromatic N) is 2. The molecule has 4 heteroatoms. The largest absolute Gasteiger partial charge is 0.481 e. The highest BCUT2D eigenvalue weighted by atomic mass is 16.4. The van der Waals surface area contributed by atoms with Gasteiger partial charge in [-0.15, -0.1) is 0 Å². The highest BCUT2D eigenvalue weighted by Gasteiger charge is 2.37. The number of carbonyl (C=O) groups is 1. The zero-order chi connectivity index (χ0) is 13.1. The van der Waals surface area contributed by atoms with Gasteiger partial charge in [-0.05, 0) is 40.3 Å². The van der Waals surface area contributed by atoms with E-state index >= 15 is 0 Å². The summed E-state index contributed by atoms with van der Waals surface area (Å²) in [6, 6.07) is 0.375. The molecule has 0 radical (unpaired) electrons. The lowest BCUT2D eigenvalue weighted by molar-refractivity contribution is -0.137. The number of carboxylic acids is 1. The monoisotopic (exact) mass is 242 g/mol. The molecule has 0 aliphatic carbocycles. The average Bonchev–Trinajstić information content (AvgIpc) is 2.18. The molecular weight excluding hydrogens is 216 g/mol. The Balaban J connectivity index is 2.71. The van der Waals surface area contributed by atoms with Gasteiger partial charge < -0.3 is 10.0 Å². The van der Waals surface area contributed by atoms with Crippen molar-refractivity contribution in [3.8, 4) is 0 Å². The Morgan fingerprint density at radius 1 is 1.47 bits per heavy atom. The fourth-order valence-electron chi connectivity index (χ4n) is 3.03. The molecule has 1 rings (SSSR count). The van der Waals surface area contributed by atoms with E-state index < -0.39 is 5.97 Å². The summed E-state index contributed by atoms with van der Waals surface area (Å²) in [5.41, 5.74) is 0.145. The van der Waals surface area contributed by atoms with Crippen molar-refractivity contribution in [2.24, 2.45) is 0 Å². The van der Waals surface area contributed by atoms with E-state index in [9.17, 15) is 4.79 Å². The molecule has 0 saturated carbocycles. The smallest absolute Gasteiger partial charge is 0.303 e. The molecule has 0 aromatic heterocycles. The molecule has 4 nitrogen and oxygen atoms in total. The summed E-state index contributed by atoms with van der Waals surface area (Å²) in [4.78, 5) is 15.5. The molecule has 1 N–H and O–H groups in total. The topological polar surface area (TPSA) is 43.8 Å². The standard InChI is InChI=1S/C13H26N2O2/c1-5-8-15-11(6-7-12(16)17)9-14(4)10-13(15,2)3/h11H,5-10H2,1-4H3,(H,16,17). The summed E-state index contributed by atoms with van der Waals surface area (Å²) < 4.78 is 0. The van der Waals surface area contributed by atoms with E-state index in [4.69, 9.17) is 5.11 Å². The highest BCUT2D eigenvalue weighted by molar-refractivity contribution is 5.66. The van der Waals surface area contributed by atoms with Crippen molar-refractivity contribution in [2.45, 2.75) is 51.6 Å². The minimum absolute atomic E-state index is 0.145. The maximum absolute atomic E-state index is 10.7. The van der Waals surface area contributed by atoms with Gasteiger partial charge in [-0.2, -0.15) is 0 Å². The maximum atomic E-state index is 10.7. The first kappa shape index (κ1) is 14.5. The molecule has 0 spiro atoms. The third-order valence-electron chi connectivity index (χ3n) is 3.55. The fourth-order valence-corrected chi connectivity index (χ4v) is 3.03. The Morgan fingerprint density at radius 2 is 2.12 bits per heavy atom. The summed E-state index contributed by atoms with van der Waals surface area (Å²) in [5, 5.41) is 8.82. The molecular formula is C13H26N2O2. The molecule has 1 unspecified atom stereocenters. The Hall–Kier alpha value is -0.610. The summed E-state index contributed by atoms with van der Waals surface area (Å²) in [5.74, 6) is -0.688. The highest BCUT2D eigenvalue weighted by Crippen LogP contribution is 2.26. The molecule has 1 heterocycles. The molecule has 0 aromatic carbocycles. The van der Waals surface area contributed by atoms with Gasteiger partial charge in [-0.3, -0.25) is 9.69 Å². The predicted octanol–water partition coefficient (Wildman–Crippen LogP) is 1.66. The van der Waals surface area contributed by atoms with Gasteiger partial charge in [0, 0.05) is 31.1 Å². The second-order valence-corrected chi connectivity index (χ2v) is 5.79. The molecule has 1 saturated heterocycles. The van der Waals surface area contributed by atoms with E-state index in [1.807, 2.05) is 0 Å². The van der Waals surface area contributed by atoms with E-state index in [0.717, 1.165) is 32.5 Å². The number of aliphatic carboxylic acids is 1. The summed E-state index contributed by atoms with van der Waals surface area (Å²) in [6.45, 7) is 9.79. The second kappa shape index (κ2) is 5.83. The van der Waals surface area contributed by atoms with Crippen molar-refractivity contribution in [2.75, 3.05) is 26.7 Å². The number of piperazine rings is 1. The van der Waals surface area contributed by atoms with Crippen molar-refractivity contribution in [3.05, 3.63) is 0 Å². The second-order valence-electron chi connectivity index (χ2n) is 5.79. The van der Waals surface area contributed by atoms with Crippen LogP contribution in [0.2, 0.25) is 0 Å². The van der Waals surface area contributed by atoms with Crippen LogP contribution in [0.4, 0.5) is 0 Å². The number of hydrogen-bond acceptors (Lipinski definition) is 3. The SMILES string of the molecule is CCCN1C(CCC(=O)O)CN(C)CC1(C)C. The van der Waals surface area contributed by atoms with Crippen LogP contribution in [0.5, 0.6) is 0 Å². The first-order valence-electron chi connectivity index (χ1n) is 6.54. The van der Waals surface area contributed by atoms with Crippen LogP contribution in [0, 0.1) is 0 Å². The van der Waals surface area contributed by atoms with Gasteiger partial charge in [0.25, 0.3) is 0 Å². The van der Waals surface area contributed by atoms with Gasteiger partial charge in [0.1, 0.15) is 0 Å². The lowest BCUT2D eigenvalue weighted by Crippen LogP contribution is -2.63. The molecule has 100 valence electrons. The third kappa shape index (κ3) is 3.96. The molecule has 1 fully saturated rings. The number of carboxylic acid groups (broad SMARTS) is 1. The van der Waals surface area contributed by atoms with Crippen LogP contribution in [0.1, 0.15) is 40.0 Å². The number of likely N-dealkylation sites (N-methyl/N-ethyl adjacent to an activating group) is 1. The zero-order valence-electron chi connectivity index (χ0n) is 11.6. The predicted molar refractivity (Wildman–Crippen MR) is 69.2 cm³/mol. The van der Waals surface area contributed by atoms with Gasteiger partial charge >= 0.3 is 5.97 Å². The van der Waals surface area contributed by atoms with E-state index in [-0.39, 0.29) is 12.0 Å². The third-order valence-corrected chi connectivity index (χ3v) is 3.55. The molecule has 0 amide bonds. The van der Waals surface area contributed by atoms with E-state index in [0.29, 0.717) is 6.04 Å². The van der Waals surface area contributed by atoms with Gasteiger partial charge in [0.15, 0.2) is 0 Å². The fraction of sp³-hybridized carbons (Fsp3) is 0.923. The minimum atomic E-state index is -0.688. The van der Waals surface area contributed by atoms with Crippen LogP contribution in [-0.4, -0.2) is 59.1 Å². The van der Waals surface area contributed by atoms with Gasteiger partial charge in [0.2, 0.25) is 0 Å². The zero-order valence-corrected chi connectivity index (χ0v) is 11.6. The van der Waals surface area contributed by atoms with Crippen molar-refractivity contribution >= 4 is 5.97 Å². The lowest BCUT2D eigenvalue weighted by atomic mass is 9.92. The normalized spacial score (nSPS) is 26.0. The van der Waals surface area contributed by atoms with E-state index in [1.165, 1.54) is 0 Å². The van der Waals surface area contributed by atoms with Crippen LogP contribution >= 0.6 is 0 Å². The van der Waals surface area contributed by atoms with Crippen LogP contribution in [0.15, 0.2) is 0 Å². The van der Waals surface area contributed by atoms with Crippen molar-refractivity contribution in [3.63, 3.8) is 0 Å². The van der Waals surface area contributed by atoms with Crippen molar-refractivity contribution in [1.82, 2.24) is 9.80 Å². The minimum Gasteiger partial charge on any atom is -0.481 e. The number of hydrogen-bond donors (Lipinski definition) is 1. The maximum Gasteiger partial charge on any atom is 0.303 e. The van der Waals surface area contributed by atoms with Gasteiger partial charge in [-0.25, -0.2) is 0 Å². The Bertz CT molecular complexity index is 266. The van der Waals surface area contributed by atoms with Crippen LogP contribution < -0.4 is 0 Å². The van der Waals surface area contributed by atoms with Crippen molar-refractivity contribution in [1.29, 1.82) is 0 Å². The lowest BCUT2D eigenvalue weighted by Gasteiger charge is -2.51. The molecule has 1 aliphatic heterocycles. The summed E-state index contributed by atoms with van der Waals surface area (Å²) in [7, 11) is 2.12. The Labute approximate surface area is 105 Å². The molecule has 0 bridgehead atoms. The molecule has 17 heavy (non-hydrogen) atoms. The first-order chi connectivity index (χ1) is 7.86. The first-order valence-corrected chi connectivity index (χ1v) is 6.54. The van der Waals surface area contributed by atoms with Crippen LogP contribution in [-0.2, 0) is 4.79 Å². The quantitative estimate of drug-likeness (QED) is 0.796. The average molecular weight is 242 g/mol. The molecule has 1 aliphatic rings. The Morgan fingerprint density at radius 3 is 2.65 bits per heavy atom. The van der Waals surface area contributed by atoms with Gasteiger partial charge in [-0.1, -0.05) is 6.92 Å². The molecule has 1 atom stereocenters. The van der Waals surface area contributed by atoms with Crippen molar-refractivity contribution < 1.29 is 9.90 Å². The van der Waals surface area contributed by atoms with E-state index in [1.54, 1.807) is 0 Å².